The number of nitrogens with zero attached hydrogens (tertiary/aromatic N) is 4. The summed E-state index contributed by atoms with van der Waals surface area (Å²) >= 11 is 0. The van der Waals surface area contributed by atoms with Crippen LogP contribution in [-0.4, -0.2) is 40.8 Å². The van der Waals surface area contributed by atoms with Gasteiger partial charge in [0, 0.05) is 37.4 Å². The molecule has 20 heavy (non-hydrogen) atoms. The molecule has 0 aliphatic carbocycles. The van der Waals surface area contributed by atoms with Crippen LogP contribution in [-0.2, 0) is 0 Å². The summed E-state index contributed by atoms with van der Waals surface area (Å²) in [6.07, 6.45) is 10.9. The van der Waals surface area contributed by atoms with E-state index < -0.39 is 0 Å². The fraction of sp³-hybridized carbons (Fsp3) is 0.600. The summed E-state index contributed by atoms with van der Waals surface area (Å²) < 4.78 is 1.92. The summed E-state index contributed by atoms with van der Waals surface area (Å²) in [6, 6.07) is 2.06. The maximum absolute atomic E-state index is 4.63. The highest BCUT2D eigenvalue weighted by molar-refractivity contribution is 5.68. The minimum atomic E-state index is 0.449. The number of rotatable bonds is 1. The predicted octanol–water partition coefficient (Wildman–Crippen LogP) is 1.70. The molecule has 1 unspecified atom stereocenters. The first-order valence-corrected chi connectivity index (χ1v) is 7.60. The number of aromatic nitrogens is 3. The van der Waals surface area contributed by atoms with Crippen molar-refractivity contribution in [2.24, 2.45) is 5.41 Å². The van der Waals surface area contributed by atoms with E-state index in [1.54, 1.807) is 0 Å². The maximum Gasteiger partial charge on any atom is 0.154 e. The second-order valence-electron chi connectivity index (χ2n) is 6.22. The van der Waals surface area contributed by atoms with E-state index >= 15 is 0 Å². The van der Waals surface area contributed by atoms with Crippen molar-refractivity contribution in [3.63, 3.8) is 0 Å². The lowest BCUT2D eigenvalue weighted by molar-refractivity contribution is 0.173. The van der Waals surface area contributed by atoms with Crippen molar-refractivity contribution in [3.05, 3.63) is 24.7 Å². The lowest BCUT2D eigenvalue weighted by Gasteiger charge is -2.45. The molecule has 2 aromatic rings. The molecule has 0 bridgehead atoms. The average Bonchev–Trinajstić information content (AvgIpc) is 2.96. The van der Waals surface area contributed by atoms with Crippen molar-refractivity contribution < 1.29 is 0 Å². The van der Waals surface area contributed by atoms with Crippen LogP contribution in [0.15, 0.2) is 24.7 Å². The zero-order valence-corrected chi connectivity index (χ0v) is 11.8. The Morgan fingerprint density at radius 1 is 1.20 bits per heavy atom. The van der Waals surface area contributed by atoms with Gasteiger partial charge in [0.05, 0.1) is 6.20 Å². The lowest BCUT2D eigenvalue weighted by Crippen LogP contribution is -2.51. The van der Waals surface area contributed by atoms with Crippen LogP contribution >= 0.6 is 0 Å². The van der Waals surface area contributed by atoms with Gasteiger partial charge < -0.3 is 10.2 Å². The minimum Gasteiger partial charge on any atom is -0.354 e. The molecule has 2 aromatic heterocycles. The van der Waals surface area contributed by atoms with Crippen LogP contribution in [0.1, 0.15) is 25.7 Å². The molecule has 5 nitrogen and oxygen atoms in total. The average molecular weight is 271 g/mol. The SMILES string of the molecule is c1cn2nccc2c(N2CCCC3(CCCNC3)C2)n1. The van der Waals surface area contributed by atoms with Gasteiger partial charge in [-0.25, -0.2) is 9.50 Å². The first-order chi connectivity index (χ1) is 9.86. The van der Waals surface area contributed by atoms with Gasteiger partial charge in [-0.15, -0.1) is 0 Å². The van der Waals surface area contributed by atoms with Gasteiger partial charge in [-0.05, 0) is 38.3 Å². The van der Waals surface area contributed by atoms with Gasteiger partial charge in [0.1, 0.15) is 5.52 Å². The maximum atomic E-state index is 4.63. The summed E-state index contributed by atoms with van der Waals surface area (Å²) in [5.41, 5.74) is 1.57. The molecule has 4 heterocycles. The van der Waals surface area contributed by atoms with E-state index in [9.17, 15) is 0 Å². The summed E-state index contributed by atoms with van der Waals surface area (Å²) in [5, 5.41) is 7.90. The first-order valence-electron chi connectivity index (χ1n) is 7.60. The van der Waals surface area contributed by atoms with Gasteiger partial charge in [-0.2, -0.15) is 5.10 Å². The van der Waals surface area contributed by atoms with Crippen molar-refractivity contribution in [1.82, 2.24) is 19.9 Å². The van der Waals surface area contributed by atoms with E-state index in [2.05, 4.69) is 26.4 Å². The molecule has 5 heteroatoms. The Balaban J connectivity index is 1.66. The fourth-order valence-electron chi connectivity index (χ4n) is 3.85. The highest BCUT2D eigenvalue weighted by Gasteiger charge is 2.37. The number of anilines is 1. The van der Waals surface area contributed by atoms with E-state index in [1.165, 1.54) is 32.2 Å². The van der Waals surface area contributed by atoms with Crippen LogP contribution in [0.3, 0.4) is 0 Å². The summed E-state index contributed by atoms with van der Waals surface area (Å²) in [6.45, 7) is 4.57. The topological polar surface area (TPSA) is 45.5 Å². The van der Waals surface area contributed by atoms with E-state index in [1.807, 2.05) is 23.1 Å². The van der Waals surface area contributed by atoms with Crippen LogP contribution in [0.2, 0.25) is 0 Å². The number of fused-ring (bicyclic) bond motifs is 1. The van der Waals surface area contributed by atoms with Crippen LogP contribution in [0.25, 0.3) is 5.52 Å². The van der Waals surface area contributed by atoms with E-state index in [-0.39, 0.29) is 0 Å². The highest BCUT2D eigenvalue weighted by atomic mass is 15.3. The molecule has 1 atom stereocenters. The molecule has 0 radical (unpaired) electrons. The molecular weight excluding hydrogens is 250 g/mol. The molecule has 0 saturated carbocycles. The van der Waals surface area contributed by atoms with Crippen molar-refractivity contribution in [2.45, 2.75) is 25.7 Å². The zero-order chi connectivity index (χ0) is 13.4. The van der Waals surface area contributed by atoms with E-state index in [0.29, 0.717) is 5.41 Å². The van der Waals surface area contributed by atoms with Gasteiger partial charge >= 0.3 is 0 Å². The number of nitrogens with one attached hydrogen (secondary N) is 1. The van der Waals surface area contributed by atoms with Gasteiger partial charge in [0.2, 0.25) is 0 Å². The van der Waals surface area contributed by atoms with Gasteiger partial charge in [0.25, 0.3) is 0 Å². The Labute approximate surface area is 119 Å². The predicted molar refractivity (Wildman–Crippen MR) is 79.0 cm³/mol. The quantitative estimate of drug-likeness (QED) is 0.857. The summed E-state index contributed by atoms with van der Waals surface area (Å²) in [4.78, 5) is 7.09. The Morgan fingerprint density at radius 2 is 2.15 bits per heavy atom. The first kappa shape index (κ1) is 12.1. The third-order valence-electron chi connectivity index (χ3n) is 4.83. The van der Waals surface area contributed by atoms with Crippen molar-refractivity contribution in [2.75, 3.05) is 31.1 Å². The van der Waals surface area contributed by atoms with Gasteiger partial charge in [0.15, 0.2) is 5.82 Å². The fourth-order valence-corrected chi connectivity index (χ4v) is 3.85. The van der Waals surface area contributed by atoms with Crippen molar-refractivity contribution >= 4 is 11.3 Å². The van der Waals surface area contributed by atoms with E-state index in [0.717, 1.165) is 31.0 Å². The van der Waals surface area contributed by atoms with Crippen LogP contribution in [0, 0.1) is 5.41 Å². The second-order valence-corrected chi connectivity index (χ2v) is 6.22. The second kappa shape index (κ2) is 4.74. The van der Waals surface area contributed by atoms with Gasteiger partial charge in [-0.3, -0.25) is 0 Å². The molecule has 1 N–H and O–H groups in total. The van der Waals surface area contributed by atoms with Gasteiger partial charge in [-0.1, -0.05) is 0 Å². The molecule has 1 spiro atoms. The lowest BCUT2D eigenvalue weighted by atomic mass is 9.74. The molecule has 2 saturated heterocycles. The third-order valence-corrected chi connectivity index (χ3v) is 4.83. The normalized spacial score (nSPS) is 27.3. The van der Waals surface area contributed by atoms with Crippen LogP contribution < -0.4 is 10.2 Å². The Hall–Kier alpha value is -1.62. The van der Waals surface area contributed by atoms with Crippen LogP contribution in [0.5, 0.6) is 0 Å². The number of piperidine rings is 2. The molecule has 4 rings (SSSR count). The largest absolute Gasteiger partial charge is 0.354 e. The molecule has 2 fully saturated rings. The van der Waals surface area contributed by atoms with Crippen molar-refractivity contribution in [3.8, 4) is 0 Å². The molecule has 2 aliphatic heterocycles. The Bertz CT molecular complexity index is 594. The Morgan fingerprint density at radius 3 is 3.05 bits per heavy atom. The molecular formula is C15H21N5. The standard InChI is InChI=1S/C15H21N5/c1-4-15(11-16-6-1)5-2-9-19(12-15)14-13-3-7-18-20(13)10-8-17-14/h3,7-8,10,16H,1-2,4-6,9,11-12H2. The number of hydrogen-bond donors (Lipinski definition) is 1. The smallest absolute Gasteiger partial charge is 0.154 e. The molecule has 0 amide bonds. The zero-order valence-electron chi connectivity index (χ0n) is 11.8. The molecule has 2 aliphatic rings. The third kappa shape index (κ3) is 1.97. The van der Waals surface area contributed by atoms with Crippen molar-refractivity contribution in [1.29, 1.82) is 0 Å². The minimum absolute atomic E-state index is 0.449. The molecule has 106 valence electrons. The summed E-state index contributed by atoms with van der Waals surface area (Å²) in [5.74, 6) is 1.09. The number of hydrogen-bond acceptors (Lipinski definition) is 4. The summed E-state index contributed by atoms with van der Waals surface area (Å²) in [7, 11) is 0. The molecule has 0 aromatic carbocycles. The van der Waals surface area contributed by atoms with Crippen LogP contribution in [0.4, 0.5) is 5.82 Å². The monoisotopic (exact) mass is 271 g/mol. The Kier molecular flexibility index (Phi) is 2.88. The highest BCUT2D eigenvalue weighted by Crippen LogP contribution is 2.37. The van der Waals surface area contributed by atoms with E-state index in [4.69, 9.17) is 0 Å².